The minimum absolute atomic E-state index is 0.0888. The van der Waals surface area contributed by atoms with Crippen LogP contribution in [-0.2, 0) is 4.74 Å². The lowest BCUT2D eigenvalue weighted by Crippen LogP contribution is -2.53. The third kappa shape index (κ3) is 3.21. The van der Waals surface area contributed by atoms with Gasteiger partial charge in [0.25, 0.3) is 0 Å². The zero-order valence-corrected chi connectivity index (χ0v) is 11.7. The molecule has 0 saturated heterocycles. The Morgan fingerprint density at radius 2 is 1.88 bits per heavy atom. The first-order chi connectivity index (χ1) is 7.54. The van der Waals surface area contributed by atoms with Crippen LogP contribution in [0.5, 0.6) is 0 Å². The van der Waals surface area contributed by atoms with Crippen molar-refractivity contribution in [1.82, 2.24) is 5.32 Å². The molecule has 0 bridgehead atoms. The van der Waals surface area contributed by atoms with Gasteiger partial charge in [-0.2, -0.15) is 0 Å². The Hall–Kier alpha value is -0.0800. The fourth-order valence-electron chi connectivity index (χ4n) is 3.01. The molecule has 0 aromatic heterocycles. The third-order valence-electron chi connectivity index (χ3n) is 4.22. The highest BCUT2D eigenvalue weighted by Gasteiger charge is 2.40. The minimum atomic E-state index is 0.0888. The molecule has 0 aromatic rings. The predicted octanol–water partition coefficient (Wildman–Crippen LogP) is 3.22. The Morgan fingerprint density at radius 1 is 1.31 bits per heavy atom. The van der Waals surface area contributed by atoms with Gasteiger partial charge in [0, 0.05) is 13.2 Å². The molecule has 1 N–H and O–H groups in total. The normalized spacial score (nSPS) is 33.0. The Kier molecular flexibility index (Phi) is 5.26. The molecule has 0 aliphatic heterocycles. The summed E-state index contributed by atoms with van der Waals surface area (Å²) in [7, 11) is 3.96. The van der Waals surface area contributed by atoms with Crippen molar-refractivity contribution in [1.29, 1.82) is 0 Å². The highest BCUT2D eigenvalue weighted by atomic mass is 16.5. The van der Waals surface area contributed by atoms with E-state index in [0.29, 0.717) is 6.04 Å². The third-order valence-corrected chi connectivity index (χ3v) is 4.22. The summed E-state index contributed by atoms with van der Waals surface area (Å²) in [5.41, 5.74) is 0.0888. The number of hydrogen-bond acceptors (Lipinski definition) is 2. The van der Waals surface area contributed by atoms with Gasteiger partial charge < -0.3 is 10.1 Å². The van der Waals surface area contributed by atoms with Gasteiger partial charge in [0.1, 0.15) is 0 Å². The van der Waals surface area contributed by atoms with Crippen LogP contribution in [0.3, 0.4) is 0 Å². The first-order valence-corrected chi connectivity index (χ1v) is 6.76. The molecular weight excluding hydrogens is 198 g/mol. The smallest absolute Gasteiger partial charge is 0.0831 e. The van der Waals surface area contributed by atoms with Crippen LogP contribution in [0.4, 0.5) is 0 Å². The molecule has 2 nitrogen and oxygen atoms in total. The van der Waals surface area contributed by atoms with Crippen molar-refractivity contribution in [2.75, 3.05) is 14.2 Å². The maximum absolute atomic E-state index is 5.92. The largest absolute Gasteiger partial charge is 0.377 e. The van der Waals surface area contributed by atoms with Crippen LogP contribution >= 0.6 is 0 Å². The summed E-state index contributed by atoms with van der Waals surface area (Å²) >= 11 is 0. The molecule has 16 heavy (non-hydrogen) atoms. The number of rotatable bonds is 5. The summed E-state index contributed by atoms with van der Waals surface area (Å²) in [6, 6.07) is 0.505. The van der Waals surface area contributed by atoms with Gasteiger partial charge in [-0.05, 0) is 51.0 Å². The Labute approximate surface area is 101 Å². The zero-order chi connectivity index (χ0) is 12.2. The molecule has 1 unspecified atom stereocenters. The zero-order valence-electron chi connectivity index (χ0n) is 11.7. The Balaban J connectivity index is 2.69. The Bertz CT molecular complexity index is 195. The minimum Gasteiger partial charge on any atom is -0.377 e. The van der Waals surface area contributed by atoms with Crippen LogP contribution in [0, 0.1) is 11.8 Å². The molecule has 1 atom stereocenters. The number of ether oxygens (including phenoxy) is 1. The molecular formula is C14H29NO. The molecule has 1 saturated carbocycles. The highest BCUT2D eigenvalue weighted by molar-refractivity contribution is 4.96. The van der Waals surface area contributed by atoms with Crippen LogP contribution in [0.25, 0.3) is 0 Å². The summed E-state index contributed by atoms with van der Waals surface area (Å²) in [6.45, 7) is 6.94. The first kappa shape index (κ1) is 14.0. The van der Waals surface area contributed by atoms with Crippen molar-refractivity contribution in [2.24, 2.45) is 11.8 Å². The van der Waals surface area contributed by atoms with Crippen LogP contribution in [0.1, 0.15) is 52.9 Å². The average Bonchev–Trinajstić information content (AvgIpc) is 2.27. The number of methoxy groups -OCH3 is 1. The molecule has 0 amide bonds. The van der Waals surface area contributed by atoms with Gasteiger partial charge in [-0.3, -0.25) is 0 Å². The van der Waals surface area contributed by atoms with Crippen molar-refractivity contribution in [2.45, 2.75) is 64.5 Å². The molecule has 2 heteroatoms. The van der Waals surface area contributed by atoms with Gasteiger partial charge in [-0.15, -0.1) is 0 Å². The molecule has 1 aliphatic rings. The summed E-state index contributed by atoms with van der Waals surface area (Å²) in [4.78, 5) is 0. The Morgan fingerprint density at radius 3 is 2.25 bits per heavy atom. The van der Waals surface area contributed by atoms with Crippen molar-refractivity contribution >= 4 is 0 Å². The van der Waals surface area contributed by atoms with E-state index in [9.17, 15) is 0 Å². The van der Waals surface area contributed by atoms with E-state index in [-0.39, 0.29) is 5.60 Å². The lowest BCUT2D eigenvalue weighted by molar-refractivity contribution is -0.0772. The maximum atomic E-state index is 5.92. The van der Waals surface area contributed by atoms with E-state index in [0.717, 1.165) is 11.8 Å². The lowest BCUT2D eigenvalue weighted by Gasteiger charge is -2.44. The maximum Gasteiger partial charge on any atom is 0.0831 e. The summed E-state index contributed by atoms with van der Waals surface area (Å²) < 4.78 is 5.92. The fourth-order valence-corrected chi connectivity index (χ4v) is 3.01. The SMILES string of the molecule is CNC(CC(C)C)C1(OC)CCC(C)CC1. The van der Waals surface area contributed by atoms with Gasteiger partial charge in [0.15, 0.2) is 0 Å². The van der Waals surface area contributed by atoms with Gasteiger partial charge in [0.05, 0.1) is 5.60 Å². The molecule has 1 rings (SSSR count). The second kappa shape index (κ2) is 6.02. The van der Waals surface area contributed by atoms with E-state index in [1.807, 2.05) is 7.11 Å². The standard InChI is InChI=1S/C14H29NO/c1-11(2)10-13(15-4)14(16-5)8-6-12(3)7-9-14/h11-13,15H,6-10H2,1-5H3. The van der Waals surface area contributed by atoms with Crippen LogP contribution in [0.2, 0.25) is 0 Å². The summed E-state index contributed by atoms with van der Waals surface area (Å²) in [5.74, 6) is 1.60. The molecule has 1 fully saturated rings. The monoisotopic (exact) mass is 227 g/mol. The predicted molar refractivity (Wildman–Crippen MR) is 69.7 cm³/mol. The van der Waals surface area contributed by atoms with E-state index in [1.165, 1.54) is 32.1 Å². The average molecular weight is 227 g/mol. The van der Waals surface area contributed by atoms with Crippen LogP contribution in [-0.4, -0.2) is 25.8 Å². The lowest BCUT2D eigenvalue weighted by atomic mass is 9.73. The van der Waals surface area contributed by atoms with E-state index in [4.69, 9.17) is 4.74 Å². The molecule has 0 heterocycles. The topological polar surface area (TPSA) is 21.3 Å². The van der Waals surface area contributed by atoms with Crippen molar-refractivity contribution in [3.05, 3.63) is 0 Å². The quantitative estimate of drug-likeness (QED) is 0.778. The number of nitrogens with one attached hydrogen (secondary N) is 1. The summed E-state index contributed by atoms with van der Waals surface area (Å²) in [5, 5.41) is 3.48. The van der Waals surface area contributed by atoms with Crippen molar-refractivity contribution in [3.8, 4) is 0 Å². The van der Waals surface area contributed by atoms with Crippen LogP contribution in [0.15, 0.2) is 0 Å². The molecule has 96 valence electrons. The van der Waals surface area contributed by atoms with E-state index >= 15 is 0 Å². The van der Waals surface area contributed by atoms with Crippen molar-refractivity contribution in [3.63, 3.8) is 0 Å². The molecule has 1 aliphatic carbocycles. The van der Waals surface area contributed by atoms with E-state index in [1.54, 1.807) is 0 Å². The summed E-state index contributed by atoms with van der Waals surface area (Å²) in [6.07, 6.45) is 6.25. The van der Waals surface area contributed by atoms with E-state index in [2.05, 4.69) is 33.1 Å². The van der Waals surface area contributed by atoms with Gasteiger partial charge in [0.2, 0.25) is 0 Å². The highest BCUT2D eigenvalue weighted by Crippen LogP contribution is 2.38. The van der Waals surface area contributed by atoms with Crippen molar-refractivity contribution < 1.29 is 4.74 Å². The number of likely N-dealkylation sites (N-methyl/N-ethyl adjacent to an activating group) is 1. The van der Waals surface area contributed by atoms with Gasteiger partial charge >= 0.3 is 0 Å². The molecule has 0 aromatic carbocycles. The fraction of sp³-hybridized carbons (Fsp3) is 1.00. The van der Waals surface area contributed by atoms with E-state index < -0.39 is 0 Å². The van der Waals surface area contributed by atoms with Crippen LogP contribution < -0.4 is 5.32 Å². The molecule has 0 spiro atoms. The molecule has 0 radical (unpaired) electrons. The van der Waals surface area contributed by atoms with Gasteiger partial charge in [-0.1, -0.05) is 20.8 Å². The number of hydrogen-bond donors (Lipinski definition) is 1. The second-order valence-electron chi connectivity index (χ2n) is 5.92. The second-order valence-corrected chi connectivity index (χ2v) is 5.92. The van der Waals surface area contributed by atoms with Gasteiger partial charge in [-0.25, -0.2) is 0 Å². The first-order valence-electron chi connectivity index (χ1n) is 6.76.